The van der Waals surface area contributed by atoms with E-state index in [4.69, 9.17) is 9.15 Å². The molecule has 0 aliphatic carbocycles. The highest BCUT2D eigenvalue weighted by atomic mass is 16.5. The van der Waals surface area contributed by atoms with E-state index in [0.717, 1.165) is 22.8 Å². The normalized spacial score (nSPS) is 12.2. The average molecular weight is 315 g/mol. The number of nitrogens with one attached hydrogen (secondary N) is 1. The van der Waals surface area contributed by atoms with Gasteiger partial charge in [0.25, 0.3) is 5.91 Å². The van der Waals surface area contributed by atoms with Crippen molar-refractivity contribution in [2.75, 3.05) is 6.54 Å². The van der Waals surface area contributed by atoms with Crippen LogP contribution in [0.2, 0.25) is 0 Å². The van der Waals surface area contributed by atoms with E-state index < -0.39 is 6.10 Å². The van der Waals surface area contributed by atoms with Gasteiger partial charge in [-0.15, -0.1) is 0 Å². The molecule has 0 unspecified atom stereocenters. The Morgan fingerprint density at radius 3 is 2.61 bits per heavy atom. The SMILES string of the molecule is Cc1cccc(O[C@H](C(=O)NCCc2ccc(C)o2)C(C)C)c1. The summed E-state index contributed by atoms with van der Waals surface area (Å²) in [7, 11) is 0. The van der Waals surface area contributed by atoms with Crippen LogP contribution >= 0.6 is 0 Å². The number of rotatable bonds is 7. The first-order chi connectivity index (χ1) is 11.0. The molecule has 1 aromatic heterocycles. The summed E-state index contributed by atoms with van der Waals surface area (Å²) < 4.78 is 11.4. The molecule has 0 aliphatic heterocycles. The molecule has 0 radical (unpaired) electrons. The van der Waals surface area contributed by atoms with E-state index in [1.165, 1.54) is 0 Å². The number of carbonyl (C=O) groups is 1. The molecule has 124 valence electrons. The van der Waals surface area contributed by atoms with E-state index >= 15 is 0 Å². The van der Waals surface area contributed by atoms with Crippen molar-refractivity contribution in [1.29, 1.82) is 0 Å². The zero-order chi connectivity index (χ0) is 16.8. The molecular formula is C19H25NO3. The highest BCUT2D eigenvalue weighted by Crippen LogP contribution is 2.17. The van der Waals surface area contributed by atoms with Crippen molar-refractivity contribution in [2.24, 2.45) is 5.92 Å². The van der Waals surface area contributed by atoms with Crippen LogP contribution in [0.25, 0.3) is 0 Å². The zero-order valence-electron chi connectivity index (χ0n) is 14.3. The fourth-order valence-corrected chi connectivity index (χ4v) is 2.36. The van der Waals surface area contributed by atoms with Gasteiger partial charge in [-0.05, 0) is 49.6 Å². The van der Waals surface area contributed by atoms with E-state index in [1.54, 1.807) is 0 Å². The highest BCUT2D eigenvalue weighted by Gasteiger charge is 2.24. The maximum atomic E-state index is 12.4. The quantitative estimate of drug-likeness (QED) is 0.848. The molecule has 1 N–H and O–H groups in total. The minimum Gasteiger partial charge on any atom is -0.480 e. The molecule has 0 spiro atoms. The monoisotopic (exact) mass is 315 g/mol. The van der Waals surface area contributed by atoms with Crippen molar-refractivity contribution < 1.29 is 13.9 Å². The maximum absolute atomic E-state index is 12.4. The second-order valence-electron chi connectivity index (χ2n) is 6.15. The molecule has 2 aromatic rings. The van der Waals surface area contributed by atoms with Crippen molar-refractivity contribution in [1.82, 2.24) is 5.32 Å². The number of hydrogen-bond donors (Lipinski definition) is 1. The largest absolute Gasteiger partial charge is 0.480 e. The number of amides is 1. The average Bonchev–Trinajstić information content (AvgIpc) is 2.90. The molecule has 0 aliphatic rings. The van der Waals surface area contributed by atoms with Crippen LogP contribution in [0.4, 0.5) is 0 Å². The molecule has 0 saturated heterocycles. The number of benzene rings is 1. The van der Waals surface area contributed by atoms with Gasteiger partial charge in [-0.2, -0.15) is 0 Å². The fourth-order valence-electron chi connectivity index (χ4n) is 2.36. The lowest BCUT2D eigenvalue weighted by atomic mass is 10.1. The fraction of sp³-hybridized carbons (Fsp3) is 0.421. The summed E-state index contributed by atoms with van der Waals surface area (Å²) in [5.74, 6) is 2.48. The first-order valence-electron chi connectivity index (χ1n) is 8.02. The number of hydrogen-bond acceptors (Lipinski definition) is 3. The first kappa shape index (κ1) is 17.1. The Morgan fingerprint density at radius 2 is 2.00 bits per heavy atom. The molecule has 0 saturated carbocycles. The Balaban J connectivity index is 1.90. The van der Waals surface area contributed by atoms with Gasteiger partial charge in [-0.25, -0.2) is 0 Å². The van der Waals surface area contributed by atoms with Crippen molar-refractivity contribution in [3.63, 3.8) is 0 Å². The molecule has 0 bridgehead atoms. The summed E-state index contributed by atoms with van der Waals surface area (Å²) >= 11 is 0. The Labute approximate surface area is 137 Å². The van der Waals surface area contributed by atoms with E-state index in [2.05, 4.69) is 5.32 Å². The van der Waals surface area contributed by atoms with Crippen LogP contribution in [-0.2, 0) is 11.2 Å². The summed E-state index contributed by atoms with van der Waals surface area (Å²) in [5, 5.41) is 2.93. The predicted molar refractivity (Wildman–Crippen MR) is 90.6 cm³/mol. The summed E-state index contributed by atoms with van der Waals surface area (Å²) in [6.45, 7) is 8.41. The standard InChI is InChI=1S/C19H25NO3/c1-13(2)18(23-17-7-5-6-14(3)12-17)19(21)20-11-10-16-9-8-15(4)22-16/h5-9,12-13,18H,10-11H2,1-4H3,(H,20,21)/t18-/m0/s1. The Kier molecular flexibility index (Phi) is 5.85. The molecule has 1 amide bonds. The molecule has 4 heteroatoms. The summed E-state index contributed by atoms with van der Waals surface area (Å²) in [6, 6.07) is 11.6. The Hall–Kier alpha value is -2.23. The van der Waals surface area contributed by atoms with Crippen LogP contribution < -0.4 is 10.1 Å². The van der Waals surface area contributed by atoms with Crippen LogP contribution in [0.1, 0.15) is 30.9 Å². The number of ether oxygens (including phenoxy) is 1. The molecular weight excluding hydrogens is 290 g/mol. The smallest absolute Gasteiger partial charge is 0.261 e. The van der Waals surface area contributed by atoms with Crippen LogP contribution in [0.5, 0.6) is 5.75 Å². The number of furan rings is 1. The minimum absolute atomic E-state index is 0.0846. The van der Waals surface area contributed by atoms with Crippen LogP contribution in [-0.4, -0.2) is 18.6 Å². The summed E-state index contributed by atoms with van der Waals surface area (Å²) in [5.41, 5.74) is 1.11. The van der Waals surface area contributed by atoms with Gasteiger partial charge in [-0.1, -0.05) is 26.0 Å². The van der Waals surface area contributed by atoms with E-state index in [0.29, 0.717) is 13.0 Å². The lowest BCUT2D eigenvalue weighted by Crippen LogP contribution is -2.42. The van der Waals surface area contributed by atoms with E-state index in [9.17, 15) is 4.79 Å². The Morgan fingerprint density at radius 1 is 1.22 bits per heavy atom. The van der Waals surface area contributed by atoms with Gasteiger partial charge in [0, 0.05) is 13.0 Å². The van der Waals surface area contributed by atoms with Crippen molar-refractivity contribution >= 4 is 5.91 Å². The van der Waals surface area contributed by atoms with E-state index in [-0.39, 0.29) is 11.8 Å². The van der Waals surface area contributed by atoms with Crippen molar-refractivity contribution in [3.8, 4) is 5.75 Å². The van der Waals surface area contributed by atoms with Gasteiger partial charge in [0.15, 0.2) is 6.10 Å². The molecule has 0 fully saturated rings. The minimum atomic E-state index is -0.505. The maximum Gasteiger partial charge on any atom is 0.261 e. The molecule has 23 heavy (non-hydrogen) atoms. The summed E-state index contributed by atoms with van der Waals surface area (Å²) in [4.78, 5) is 12.4. The third kappa shape index (κ3) is 5.16. The molecule has 1 heterocycles. The van der Waals surface area contributed by atoms with Gasteiger partial charge in [0.05, 0.1) is 0 Å². The zero-order valence-corrected chi connectivity index (χ0v) is 14.3. The first-order valence-corrected chi connectivity index (χ1v) is 8.02. The number of aryl methyl sites for hydroxylation is 2. The van der Waals surface area contributed by atoms with Crippen molar-refractivity contribution in [2.45, 2.75) is 40.2 Å². The van der Waals surface area contributed by atoms with Crippen LogP contribution in [0.3, 0.4) is 0 Å². The molecule has 4 nitrogen and oxygen atoms in total. The third-order valence-electron chi connectivity index (χ3n) is 3.58. The second kappa shape index (κ2) is 7.86. The Bertz CT molecular complexity index is 646. The van der Waals surface area contributed by atoms with Crippen LogP contribution in [0, 0.1) is 19.8 Å². The predicted octanol–water partition coefficient (Wildman–Crippen LogP) is 3.66. The summed E-state index contributed by atoms with van der Waals surface area (Å²) in [6.07, 6.45) is 0.171. The number of carbonyl (C=O) groups excluding carboxylic acids is 1. The van der Waals surface area contributed by atoms with Gasteiger partial charge in [0.2, 0.25) is 0 Å². The van der Waals surface area contributed by atoms with Crippen LogP contribution in [0.15, 0.2) is 40.8 Å². The highest BCUT2D eigenvalue weighted by molar-refractivity contribution is 5.81. The second-order valence-corrected chi connectivity index (χ2v) is 6.15. The van der Waals surface area contributed by atoms with Crippen molar-refractivity contribution in [3.05, 3.63) is 53.5 Å². The molecule has 2 rings (SSSR count). The topological polar surface area (TPSA) is 51.5 Å². The molecule has 1 aromatic carbocycles. The third-order valence-corrected chi connectivity index (χ3v) is 3.58. The van der Waals surface area contributed by atoms with E-state index in [1.807, 2.05) is 64.1 Å². The van der Waals surface area contributed by atoms with Gasteiger partial charge in [0.1, 0.15) is 17.3 Å². The van der Waals surface area contributed by atoms with Gasteiger partial charge < -0.3 is 14.5 Å². The van der Waals surface area contributed by atoms with Gasteiger partial charge in [-0.3, -0.25) is 4.79 Å². The van der Waals surface area contributed by atoms with Gasteiger partial charge >= 0.3 is 0 Å². The molecule has 1 atom stereocenters. The lowest BCUT2D eigenvalue weighted by molar-refractivity contribution is -0.129. The lowest BCUT2D eigenvalue weighted by Gasteiger charge is -2.22.